The van der Waals surface area contributed by atoms with Crippen molar-refractivity contribution in [3.8, 4) is 0 Å². The Hall–Kier alpha value is -1.28. The Labute approximate surface area is 127 Å². The van der Waals surface area contributed by atoms with E-state index < -0.39 is 21.9 Å². The molecule has 1 atom stereocenters. The van der Waals surface area contributed by atoms with Crippen LogP contribution in [-0.2, 0) is 10.0 Å². The quantitative estimate of drug-likeness (QED) is 0.886. The Kier molecular flexibility index (Phi) is 4.77. The fourth-order valence-corrected chi connectivity index (χ4v) is 4.18. The number of aliphatic hydroxyl groups is 1. The molecule has 4 nitrogen and oxygen atoms in total. The number of hydrogen-bond acceptors (Lipinski definition) is 4. The Morgan fingerprint density at radius 2 is 2.00 bits per heavy atom. The zero-order valence-corrected chi connectivity index (χ0v) is 13.3. The lowest BCUT2D eigenvalue weighted by molar-refractivity contribution is 0.185. The zero-order valence-electron chi connectivity index (χ0n) is 11.6. The number of nitrogens with one attached hydrogen (secondary N) is 1. The van der Waals surface area contributed by atoms with Gasteiger partial charge in [-0.1, -0.05) is 0 Å². The van der Waals surface area contributed by atoms with Crippen LogP contribution >= 0.6 is 11.3 Å². The van der Waals surface area contributed by atoms with E-state index >= 15 is 0 Å². The highest BCUT2D eigenvalue weighted by Crippen LogP contribution is 2.24. The van der Waals surface area contributed by atoms with Crippen molar-refractivity contribution in [3.05, 3.63) is 51.5 Å². The first-order valence-electron chi connectivity index (χ1n) is 6.29. The molecule has 2 N–H and O–H groups in total. The van der Waals surface area contributed by atoms with Gasteiger partial charge in [0, 0.05) is 11.4 Å². The lowest BCUT2D eigenvalue weighted by Crippen LogP contribution is -2.29. The molecular formula is C14H16FNO3S2. The molecule has 1 aromatic heterocycles. The van der Waals surface area contributed by atoms with Crippen LogP contribution in [0.5, 0.6) is 0 Å². The van der Waals surface area contributed by atoms with E-state index in [1.165, 1.54) is 24.3 Å². The van der Waals surface area contributed by atoms with Crippen LogP contribution in [0.3, 0.4) is 0 Å². The molecule has 2 aromatic rings. The Balaban J connectivity index is 2.13. The van der Waals surface area contributed by atoms with Crippen LogP contribution in [0.2, 0.25) is 0 Å². The Bertz CT molecular complexity index is 740. The first-order valence-corrected chi connectivity index (χ1v) is 8.65. The Morgan fingerprint density at radius 1 is 1.29 bits per heavy atom. The summed E-state index contributed by atoms with van der Waals surface area (Å²) in [5.74, 6) is -0.485. The Morgan fingerprint density at radius 3 is 2.57 bits per heavy atom. The average Bonchev–Trinajstić information content (AvgIpc) is 2.82. The van der Waals surface area contributed by atoms with Gasteiger partial charge >= 0.3 is 0 Å². The number of benzene rings is 1. The molecule has 0 bridgehead atoms. The molecule has 0 saturated heterocycles. The van der Waals surface area contributed by atoms with Crippen molar-refractivity contribution in [1.29, 1.82) is 0 Å². The van der Waals surface area contributed by atoms with Crippen molar-refractivity contribution < 1.29 is 17.9 Å². The van der Waals surface area contributed by atoms with Crippen molar-refractivity contribution in [1.82, 2.24) is 4.72 Å². The van der Waals surface area contributed by atoms with Crippen LogP contribution in [0.4, 0.5) is 4.39 Å². The highest BCUT2D eigenvalue weighted by molar-refractivity contribution is 7.89. The molecule has 2 rings (SSSR count). The van der Waals surface area contributed by atoms with E-state index in [0.717, 1.165) is 22.6 Å². The van der Waals surface area contributed by atoms with E-state index in [4.69, 9.17) is 0 Å². The van der Waals surface area contributed by atoms with Crippen molar-refractivity contribution in [2.45, 2.75) is 24.8 Å². The minimum Gasteiger partial charge on any atom is -0.386 e. The second kappa shape index (κ2) is 6.23. The van der Waals surface area contributed by atoms with Gasteiger partial charge in [-0.25, -0.2) is 17.5 Å². The van der Waals surface area contributed by atoms with Crippen molar-refractivity contribution >= 4 is 21.4 Å². The summed E-state index contributed by atoms with van der Waals surface area (Å²) in [7, 11) is -3.78. The van der Waals surface area contributed by atoms with Gasteiger partial charge in [-0.2, -0.15) is 0 Å². The average molecular weight is 329 g/mol. The second-order valence-corrected chi connectivity index (χ2v) is 7.43. The predicted molar refractivity (Wildman–Crippen MR) is 80.3 cm³/mol. The predicted octanol–water partition coefficient (Wildman–Crippen LogP) is 2.52. The minimum atomic E-state index is -3.78. The van der Waals surface area contributed by atoms with E-state index in [2.05, 4.69) is 4.72 Å². The summed E-state index contributed by atoms with van der Waals surface area (Å²) in [4.78, 5) is 0.743. The van der Waals surface area contributed by atoms with Gasteiger partial charge < -0.3 is 5.11 Å². The number of thiophene rings is 1. The minimum absolute atomic E-state index is 0.0130. The fourth-order valence-electron chi connectivity index (χ4n) is 2.00. The van der Waals surface area contributed by atoms with Gasteiger partial charge in [-0.15, -0.1) is 11.3 Å². The standard InChI is InChI=1S/C14H16FNO3S2/c1-9-5-6-20-14(9)12(17)8-16-21(18,19)13-4-3-11(15)7-10(13)2/h3-7,12,16-17H,8H2,1-2H3. The van der Waals surface area contributed by atoms with E-state index in [1.807, 2.05) is 18.4 Å². The van der Waals surface area contributed by atoms with Crippen LogP contribution in [0.1, 0.15) is 22.1 Å². The van der Waals surface area contributed by atoms with Gasteiger partial charge in [0.05, 0.1) is 4.90 Å². The summed E-state index contributed by atoms with van der Waals surface area (Å²) in [6, 6.07) is 5.34. The third-order valence-corrected chi connectivity index (χ3v) is 5.80. The number of aryl methyl sites for hydroxylation is 2. The fraction of sp³-hybridized carbons (Fsp3) is 0.286. The van der Waals surface area contributed by atoms with Crippen molar-refractivity contribution in [2.75, 3.05) is 6.54 Å². The van der Waals surface area contributed by atoms with E-state index in [-0.39, 0.29) is 11.4 Å². The molecule has 0 saturated carbocycles. The summed E-state index contributed by atoms with van der Waals surface area (Å²) >= 11 is 1.37. The normalized spacial score (nSPS) is 13.3. The molecule has 0 amide bonds. The molecule has 0 spiro atoms. The highest BCUT2D eigenvalue weighted by atomic mass is 32.2. The molecule has 114 valence electrons. The molecule has 21 heavy (non-hydrogen) atoms. The molecule has 0 aliphatic heterocycles. The van der Waals surface area contributed by atoms with Crippen LogP contribution in [0.25, 0.3) is 0 Å². The molecule has 0 aliphatic rings. The van der Waals surface area contributed by atoms with Crippen molar-refractivity contribution in [3.63, 3.8) is 0 Å². The van der Waals surface area contributed by atoms with Gasteiger partial charge in [0.15, 0.2) is 0 Å². The monoisotopic (exact) mass is 329 g/mol. The van der Waals surface area contributed by atoms with Gasteiger partial charge in [0.2, 0.25) is 10.0 Å². The van der Waals surface area contributed by atoms with Gasteiger partial charge in [-0.05, 0) is 54.6 Å². The maximum atomic E-state index is 13.0. The SMILES string of the molecule is Cc1cc(F)ccc1S(=O)(=O)NCC(O)c1sccc1C. The third-order valence-electron chi connectivity index (χ3n) is 3.10. The largest absolute Gasteiger partial charge is 0.386 e. The summed E-state index contributed by atoms with van der Waals surface area (Å²) in [6.45, 7) is 3.26. The van der Waals surface area contributed by atoms with Crippen LogP contribution < -0.4 is 4.72 Å². The first-order chi connectivity index (χ1) is 9.81. The smallest absolute Gasteiger partial charge is 0.240 e. The maximum Gasteiger partial charge on any atom is 0.240 e. The lowest BCUT2D eigenvalue weighted by Gasteiger charge is -2.13. The van der Waals surface area contributed by atoms with Gasteiger partial charge in [0.1, 0.15) is 11.9 Å². The molecule has 1 unspecified atom stereocenters. The molecule has 0 aliphatic carbocycles. The number of hydrogen-bond donors (Lipinski definition) is 2. The topological polar surface area (TPSA) is 66.4 Å². The number of sulfonamides is 1. The molecule has 0 radical (unpaired) electrons. The molecular weight excluding hydrogens is 313 g/mol. The molecule has 7 heteroatoms. The number of halogens is 1. The second-order valence-electron chi connectivity index (χ2n) is 4.75. The third kappa shape index (κ3) is 3.68. The summed E-state index contributed by atoms with van der Waals surface area (Å²) < 4.78 is 39.7. The summed E-state index contributed by atoms with van der Waals surface area (Å²) in [5, 5.41) is 11.9. The molecule has 0 fully saturated rings. The maximum absolute atomic E-state index is 13.0. The number of rotatable bonds is 5. The van der Waals surface area contributed by atoms with Gasteiger partial charge in [-0.3, -0.25) is 0 Å². The molecule has 1 heterocycles. The van der Waals surface area contributed by atoms with Crippen LogP contribution in [0, 0.1) is 19.7 Å². The zero-order chi connectivity index (χ0) is 15.6. The first kappa shape index (κ1) is 16.1. The van der Waals surface area contributed by atoms with E-state index in [1.54, 1.807) is 0 Å². The number of aliphatic hydroxyl groups excluding tert-OH is 1. The van der Waals surface area contributed by atoms with Crippen LogP contribution in [0.15, 0.2) is 34.5 Å². The summed E-state index contributed by atoms with van der Waals surface area (Å²) in [5.41, 5.74) is 1.24. The van der Waals surface area contributed by atoms with E-state index in [9.17, 15) is 17.9 Å². The van der Waals surface area contributed by atoms with Gasteiger partial charge in [0.25, 0.3) is 0 Å². The lowest BCUT2D eigenvalue weighted by atomic mass is 10.2. The summed E-state index contributed by atoms with van der Waals surface area (Å²) in [6.07, 6.45) is -0.902. The van der Waals surface area contributed by atoms with E-state index in [0.29, 0.717) is 5.56 Å². The molecule has 1 aromatic carbocycles. The van der Waals surface area contributed by atoms with Crippen molar-refractivity contribution in [2.24, 2.45) is 0 Å². The van der Waals surface area contributed by atoms with Crippen LogP contribution in [-0.4, -0.2) is 20.1 Å². The highest BCUT2D eigenvalue weighted by Gasteiger charge is 2.20.